The number of nitrogens with two attached hydrogens (primary N) is 1. The summed E-state index contributed by atoms with van der Waals surface area (Å²) in [5, 5.41) is 3.77. The number of carbonyl (C=O) groups excluding carboxylic acids is 1. The number of hydrogen-bond acceptors (Lipinski definition) is 4. The maximum absolute atomic E-state index is 12.0. The van der Waals surface area contributed by atoms with Crippen molar-refractivity contribution in [2.75, 3.05) is 25.7 Å². The van der Waals surface area contributed by atoms with Crippen LogP contribution in [0, 0.1) is 0 Å². The molecule has 0 saturated heterocycles. The maximum Gasteiger partial charge on any atom is 0.267 e. The van der Waals surface area contributed by atoms with Gasteiger partial charge in [-0.2, -0.15) is 0 Å². The molecule has 0 heterocycles. The molecule has 120 valence electrons. The van der Waals surface area contributed by atoms with E-state index >= 15 is 0 Å². The summed E-state index contributed by atoms with van der Waals surface area (Å²) in [7, 11) is 3.27. The molecule has 2 N–H and O–H groups in total. The van der Waals surface area contributed by atoms with E-state index in [9.17, 15) is 4.79 Å². The molecular weight excluding hydrogens is 294 g/mol. The van der Waals surface area contributed by atoms with Gasteiger partial charge in [0.25, 0.3) is 5.91 Å². The maximum atomic E-state index is 12.0. The smallest absolute Gasteiger partial charge is 0.267 e. The van der Waals surface area contributed by atoms with Crippen LogP contribution in [0.25, 0.3) is 0 Å². The van der Waals surface area contributed by atoms with Gasteiger partial charge >= 0.3 is 0 Å². The van der Waals surface area contributed by atoms with Crippen molar-refractivity contribution in [2.45, 2.75) is 0 Å². The molecule has 2 aromatic carbocycles. The third kappa shape index (κ3) is 4.47. The van der Waals surface area contributed by atoms with E-state index in [-0.39, 0.29) is 18.3 Å². The molecule has 0 aliphatic heterocycles. The van der Waals surface area contributed by atoms with Crippen LogP contribution in [0.15, 0.2) is 59.8 Å². The summed E-state index contributed by atoms with van der Waals surface area (Å²) in [6.45, 7) is -0.192. The van der Waals surface area contributed by atoms with Crippen LogP contribution in [0.5, 0.6) is 5.75 Å². The van der Waals surface area contributed by atoms with Crippen molar-refractivity contribution < 1.29 is 14.4 Å². The molecule has 0 aliphatic rings. The van der Waals surface area contributed by atoms with Gasteiger partial charge in [-0.1, -0.05) is 23.4 Å². The lowest BCUT2D eigenvalue weighted by Gasteiger charge is -2.16. The minimum absolute atomic E-state index is 0.192. The molecule has 6 nitrogen and oxygen atoms in total. The van der Waals surface area contributed by atoms with E-state index in [0.29, 0.717) is 5.56 Å². The van der Waals surface area contributed by atoms with Crippen LogP contribution in [0.3, 0.4) is 0 Å². The Balaban J connectivity index is 1.90. The monoisotopic (exact) mass is 313 g/mol. The molecule has 0 radical (unpaired) electrons. The fourth-order valence-corrected chi connectivity index (χ4v) is 1.86. The van der Waals surface area contributed by atoms with E-state index in [4.69, 9.17) is 15.3 Å². The molecule has 23 heavy (non-hydrogen) atoms. The van der Waals surface area contributed by atoms with E-state index in [1.807, 2.05) is 30.3 Å². The molecule has 0 atom stereocenters. The van der Waals surface area contributed by atoms with Gasteiger partial charge in [0, 0.05) is 18.3 Å². The lowest BCUT2D eigenvalue weighted by atomic mass is 10.2. The van der Waals surface area contributed by atoms with Crippen molar-refractivity contribution in [2.24, 2.45) is 10.9 Å². The molecule has 2 rings (SSSR count). The first kappa shape index (κ1) is 16.4. The molecule has 0 spiro atoms. The quantitative estimate of drug-likeness (QED) is 0.503. The highest BCUT2D eigenvalue weighted by Gasteiger charge is 2.11. The Morgan fingerprint density at radius 3 is 2.39 bits per heavy atom. The number of likely N-dealkylation sites (N-methyl/N-ethyl adjacent to an activating group) is 1. The Morgan fingerprint density at radius 1 is 1.13 bits per heavy atom. The highest BCUT2D eigenvalue weighted by molar-refractivity contribution is 5.97. The molecule has 0 bridgehead atoms. The number of anilines is 1. The fourth-order valence-electron chi connectivity index (χ4n) is 1.86. The Morgan fingerprint density at radius 2 is 1.78 bits per heavy atom. The first-order valence-corrected chi connectivity index (χ1v) is 7.03. The zero-order valence-electron chi connectivity index (χ0n) is 13.1. The highest BCUT2D eigenvalue weighted by atomic mass is 16.6. The number of ether oxygens (including phenoxy) is 1. The number of hydrogen-bond donors (Lipinski definition) is 1. The summed E-state index contributed by atoms with van der Waals surface area (Å²) in [4.78, 5) is 18.6. The molecule has 2 aromatic rings. The van der Waals surface area contributed by atoms with Crippen LogP contribution in [0.2, 0.25) is 0 Å². The van der Waals surface area contributed by atoms with Crippen molar-refractivity contribution >= 4 is 17.4 Å². The van der Waals surface area contributed by atoms with Crippen LogP contribution in [-0.2, 0) is 9.63 Å². The normalized spacial score (nSPS) is 11.0. The van der Waals surface area contributed by atoms with Crippen molar-refractivity contribution in [1.29, 1.82) is 0 Å². The number of amidine groups is 1. The van der Waals surface area contributed by atoms with E-state index in [0.717, 1.165) is 11.4 Å². The second kappa shape index (κ2) is 7.84. The lowest BCUT2D eigenvalue weighted by molar-refractivity contribution is -0.122. The van der Waals surface area contributed by atoms with Crippen molar-refractivity contribution in [3.05, 3.63) is 60.2 Å². The summed E-state index contributed by atoms with van der Waals surface area (Å²) in [5.41, 5.74) is 7.29. The minimum Gasteiger partial charge on any atom is -0.497 e. The molecular formula is C17H19N3O3. The first-order valence-electron chi connectivity index (χ1n) is 7.03. The van der Waals surface area contributed by atoms with Crippen molar-refractivity contribution in [3.63, 3.8) is 0 Å². The average Bonchev–Trinajstić information content (AvgIpc) is 2.61. The highest BCUT2D eigenvalue weighted by Crippen LogP contribution is 2.12. The Labute approximate surface area is 135 Å². The van der Waals surface area contributed by atoms with E-state index in [1.165, 1.54) is 4.90 Å². The third-order valence-electron chi connectivity index (χ3n) is 3.25. The SMILES string of the molecule is COc1ccc(/C(N)=N/OCC(=O)N(C)c2ccccc2)cc1. The molecule has 0 fully saturated rings. The largest absolute Gasteiger partial charge is 0.497 e. The summed E-state index contributed by atoms with van der Waals surface area (Å²) >= 11 is 0. The average molecular weight is 313 g/mol. The minimum atomic E-state index is -0.220. The fraction of sp³-hybridized carbons (Fsp3) is 0.176. The van der Waals surface area contributed by atoms with Gasteiger partial charge in [-0.3, -0.25) is 4.79 Å². The molecule has 0 unspecified atom stereocenters. The van der Waals surface area contributed by atoms with Crippen LogP contribution in [0.1, 0.15) is 5.56 Å². The van der Waals surface area contributed by atoms with Crippen molar-refractivity contribution in [3.8, 4) is 5.75 Å². The predicted octanol–water partition coefficient (Wildman–Crippen LogP) is 2.00. The molecule has 0 aliphatic carbocycles. The number of carbonyl (C=O) groups is 1. The van der Waals surface area contributed by atoms with E-state index in [1.54, 1.807) is 38.4 Å². The number of amides is 1. The van der Waals surface area contributed by atoms with Gasteiger partial charge in [-0.05, 0) is 36.4 Å². The summed E-state index contributed by atoms with van der Waals surface area (Å²) < 4.78 is 5.07. The number of oxime groups is 1. The van der Waals surface area contributed by atoms with Gasteiger partial charge in [0.1, 0.15) is 5.75 Å². The van der Waals surface area contributed by atoms with E-state index in [2.05, 4.69) is 5.16 Å². The molecule has 0 saturated carbocycles. The molecule has 1 amide bonds. The van der Waals surface area contributed by atoms with Gasteiger partial charge in [0.15, 0.2) is 12.4 Å². The Kier molecular flexibility index (Phi) is 5.57. The van der Waals surface area contributed by atoms with Gasteiger partial charge in [-0.15, -0.1) is 0 Å². The van der Waals surface area contributed by atoms with Crippen LogP contribution >= 0.6 is 0 Å². The Hall–Kier alpha value is -3.02. The number of nitrogens with zero attached hydrogens (tertiary/aromatic N) is 2. The molecule has 0 aromatic heterocycles. The lowest BCUT2D eigenvalue weighted by Crippen LogP contribution is -2.29. The van der Waals surface area contributed by atoms with Crippen LogP contribution < -0.4 is 15.4 Å². The molecule has 6 heteroatoms. The zero-order chi connectivity index (χ0) is 16.7. The standard InChI is InChI=1S/C17H19N3O3/c1-20(14-6-4-3-5-7-14)16(21)12-23-19-17(18)13-8-10-15(22-2)11-9-13/h3-11H,12H2,1-2H3,(H2,18,19). The number of para-hydroxylation sites is 1. The van der Waals surface area contributed by atoms with Crippen LogP contribution in [0.4, 0.5) is 5.69 Å². The summed E-state index contributed by atoms with van der Waals surface area (Å²) in [6, 6.07) is 16.4. The predicted molar refractivity (Wildman–Crippen MR) is 89.5 cm³/mol. The second-order valence-electron chi connectivity index (χ2n) is 4.77. The summed E-state index contributed by atoms with van der Waals surface area (Å²) in [6.07, 6.45) is 0. The van der Waals surface area contributed by atoms with Crippen LogP contribution in [-0.4, -0.2) is 32.5 Å². The third-order valence-corrected chi connectivity index (χ3v) is 3.25. The van der Waals surface area contributed by atoms with Gasteiger partial charge in [0.2, 0.25) is 0 Å². The Bertz CT molecular complexity index is 669. The van der Waals surface area contributed by atoms with Gasteiger partial charge < -0.3 is 20.2 Å². The van der Waals surface area contributed by atoms with Gasteiger partial charge in [-0.25, -0.2) is 0 Å². The van der Waals surface area contributed by atoms with Crippen molar-refractivity contribution in [1.82, 2.24) is 0 Å². The number of methoxy groups -OCH3 is 1. The number of rotatable bonds is 6. The number of benzene rings is 2. The second-order valence-corrected chi connectivity index (χ2v) is 4.77. The summed E-state index contributed by atoms with van der Waals surface area (Å²) in [5.74, 6) is 0.701. The zero-order valence-corrected chi connectivity index (χ0v) is 13.1. The topological polar surface area (TPSA) is 77.1 Å². The first-order chi connectivity index (χ1) is 11.1. The van der Waals surface area contributed by atoms with Gasteiger partial charge in [0.05, 0.1) is 7.11 Å². The van der Waals surface area contributed by atoms with E-state index < -0.39 is 0 Å².